The smallest absolute Gasteiger partial charge is 0.303 e. The minimum atomic E-state index is -0.663. The molecule has 0 saturated heterocycles. The first kappa shape index (κ1) is 22.4. The van der Waals surface area contributed by atoms with E-state index in [9.17, 15) is 9.90 Å². The number of carbonyl (C=O) groups is 1. The molecule has 0 unspecified atom stereocenters. The maximum atomic E-state index is 10.4. The Morgan fingerprint density at radius 1 is 0.478 bits per heavy atom. The minimum Gasteiger partial charge on any atom is -0.481 e. The molecule has 0 heterocycles. The maximum Gasteiger partial charge on any atom is 0.303 e. The molecule has 3 nitrogen and oxygen atoms in total. The van der Waals surface area contributed by atoms with E-state index in [-0.39, 0.29) is 6.61 Å². The summed E-state index contributed by atoms with van der Waals surface area (Å²) >= 11 is 0. The fourth-order valence-corrected chi connectivity index (χ4v) is 3.03. The van der Waals surface area contributed by atoms with E-state index in [1.165, 1.54) is 83.5 Å². The third-order valence-corrected chi connectivity index (χ3v) is 4.53. The zero-order valence-corrected chi connectivity index (χ0v) is 15.2. The second-order valence-corrected chi connectivity index (χ2v) is 6.86. The van der Waals surface area contributed by atoms with Crippen molar-refractivity contribution >= 4 is 5.97 Å². The second kappa shape index (κ2) is 19.5. The quantitative estimate of drug-likeness (QED) is 0.274. The van der Waals surface area contributed by atoms with Gasteiger partial charge in [-0.25, -0.2) is 5.11 Å². The van der Waals surface area contributed by atoms with Gasteiger partial charge in [-0.05, 0) is 12.8 Å². The maximum absolute atomic E-state index is 10.4. The van der Waals surface area contributed by atoms with Crippen molar-refractivity contribution in [2.45, 2.75) is 116 Å². The van der Waals surface area contributed by atoms with Crippen molar-refractivity contribution in [1.29, 1.82) is 0 Å². The van der Waals surface area contributed by atoms with Gasteiger partial charge >= 0.3 is 5.97 Å². The van der Waals surface area contributed by atoms with Crippen LogP contribution in [0, 0.1) is 0 Å². The molecule has 0 aromatic carbocycles. The van der Waals surface area contributed by atoms with Crippen molar-refractivity contribution in [2.75, 3.05) is 6.61 Å². The van der Waals surface area contributed by atoms with Crippen molar-refractivity contribution < 1.29 is 15.0 Å². The molecule has 0 aliphatic heterocycles. The Kier molecular flexibility index (Phi) is 19.0. The molecule has 0 aromatic heterocycles. The lowest BCUT2D eigenvalue weighted by molar-refractivity contribution is -0.137. The Balaban J connectivity index is 2.96. The highest BCUT2D eigenvalue weighted by Gasteiger charge is 1.97. The Morgan fingerprint density at radius 2 is 0.739 bits per heavy atom. The molecule has 0 aromatic rings. The predicted octanol–water partition coefficient (Wildman–Crippen LogP) is 6.52. The van der Waals surface area contributed by atoms with E-state index in [0.717, 1.165) is 25.7 Å². The van der Waals surface area contributed by atoms with Crippen LogP contribution in [0.15, 0.2) is 0 Å². The molecule has 0 spiro atoms. The van der Waals surface area contributed by atoms with Crippen LogP contribution in [0.2, 0.25) is 0 Å². The number of rotatable bonds is 19. The zero-order chi connectivity index (χ0) is 17.0. The van der Waals surface area contributed by atoms with Gasteiger partial charge in [0.05, 0.1) is 6.61 Å². The summed E-state index contributed by atoms with van der Waals surface area (Å²) in [4.78, 5) is 10.4. The Bertz CT molecular complexity index is 241. The van der Waals surface area contributed by atoms with Gasteiger partial charge in [0.25, 0.3) is 0 Å². The van der Waals surface area contributed by atoms with Gasteiger partial charge in [0.2, 0.25) is 0 Å². The van der Waals surface area contributed by atoms with Crippen LogP contribution in [0.3, 0.4) is 0 Å². The lowest BCUT2D eigenvalue weighted by Crippen LogP contribution is -1.93. The molecule has 0 atom stereocenters. The van der Waals surface area contributed by atoms with E-state index in [1.807, 2.05) is 0 Å². The largest absolute Gasteiger partial charge is 0.481 e. The molecule has 1 N–H and O–H groups in total. The van der Waals surface area contributed by atoms with Crippen LogP contribution in [0.1, 0.15) is 116 Å². The van der Waals surface area contributed by atoms with Crippen LogP contribution in [0.5, 0.6) is 0 Å². The first-order valence-electron chi connectivity index (χ1n) is 10.1. The number of hydrogen-bond acceptors (Lipinski definition) is 1. The van der Waals surface area contributed by atoms with Crippen LogP contribution in [0.4, 0.5) is 0 Å². The van der Waals surface area contributed by atoms with Crippen molar-refractivity contribution in [3.63, 3.8) is 0 Å². The Morgan fingerprint density at radius 3 is 1.00 bits per heavy atom. The zero-order valence-electron chi connectivity index (χ0n) is 15.2. The highest BCUT2D eigenvalue weighted by molar-refractivity contribution is 5.66. The average molecular weight is 328 g/mol. The first-order chi connectivity index (χ1) is 11.3. The number of hydrogen-bond donors (Lipinski definition) is 1. The number of carboxylic acids is 1. The second-order valence-electron chi connectivity index (χ2n) is 6.86. The Hall–Kier alpha value is -0.570. The van der Waals surface area contributed by atoms with Crippen LogP contribution in [0.25, 0.3) is 0 Å². The summed E-state index contributed by atoms with van der Waals surface area (Å²) in [7, 11) is 0. The van der Waals surface area contributed by atoms with Gasteiger partial charge in [-0.3, -0.25) is 4.79 Å². The number of unbranched alkanes of at least 4 members (excludes halogenated alkanes) is 16. The van der Waals surface area contributed by atoms with Crippen LogP contribution in [-0.2, 0) is 9.90 Å². The van der Waals surface area contributed by atoms with Crippen molar-refractivity contribution in [3.8, 4) is 0 Å². The molecule has 137 valence electrons. The highest BCUT2D eigenvalue weighted by Crippen LogP contribution is 2.14. The first-order valence-corrected chi connectivity index (χ1v) is 10.1. The van der Waals surface area contributed by atoms with E-state index in [4.69, 9.17) is 5.11 Å². The fraction of sp³-hybridized carbons (Fsp3) is 0.950. The van der Waals surface area contributed by atoms with Gasteiger partial charge in [-0.1, -0.05) is 96.3 Å². The fourth-order valence-electron chi connectivity index (χ4n) is 3.03. The summed E-state index contributed by atoms with van der Waals surface area (Å²) in [5.74, 6) is -0.663. The van der Waals surface area contributed by atoms with E-state index < -0.39 is 5.97 Å². The number of carboxylic acid groups (broad SMARTS) is 1. The van der Waals surface area contributed by atoms with E-state index in [0.29, 0.717) is 6.42 Å². The monoisotopic (exact) mass is 327 g/mol. The van der Waals surface area contributed by atoms with Gasteiger partial charge in [0, 0.05) is 6.42 Å². The molecule has 0 rings (SSSR count). The molecule has 0 fully saturated rings. The summed E-state index contributed by atoms with van der Waals surface area (Å²) in [5, 5.41) is 18.8. The summed E-state index contributed by atoms with van der Waals surface area (Å²) < 4.78 is 0. The highest BCUT2D eigenvalue weighted by atomic mass is 16.4. The topological polar surface area (TPSA) is 57.2 Å². The van der Waals surface area contributed by atoms with Gasteiger partial charge < -0.3 is 5.11 Å². The molecule has 3 heteroatoms. The lowest BCUT2D eigenvalue weighted by Gasteiger charge is -2.03. The molecule has 0 bridgehead atoms. The molecule has 0 saturated carbocycles. The van der Waals surface area contributed by atoms with Crippen LogP contribution >= 0.6 is 0 Å². The van der Waals surface area contributed by atoms with E-state index >= 15 is 0 Å². The van der Waals surface area contributed by atoms with Crippen LogP contribution < -0.4 is 0 Å². The molecular weight excluding hydrogens is 288 g/mol. The van der Waals surface area contributed by atoms with E-state index in [1.54, 1.807) is 0 Å². The predicted molar refractivity (Wildman–Crippen MR) is 96.3 cm³/mol. The SMILES string of the molecule is [O]CCCCCCCCCCCCCCCCCCCC(=O)O. The normalized spacial score (nSPS) is 11.0. The average Bonchev–Trinajstić information content (AvgIpc) is 2.53. The summed E-state index contributed by atoms with van der Waals surface area (Å²) in [6.45, 7) is 0.102. The minimum absolute atomic E-state index is 0.102. The van der Waals surface area contributed by atoms with Gasteiger partial charge in [-0.15, -0.1) is 0 Å². The number of aliphatic carboxylic acids is 1. The van der Waals surface area contributed by atoms with Crippen LogP contribution in [-0.4, -0.2) is 17.7 Å². The Labute approximate surface area is 143 Å². The summed E-state index contributed by atoms with van der Waals surface area (Å²) in [6.07, 6.45) is 21.5. The summed E-state index contributed by atoms with van der Waals surface area (Å²) in [5.41, 5.74) is 0. The molecule has 0 aliphatic rings. The third-order valence-electron chi connectivity index (χ3n) is 4.53. The lowest BCUT2D eigenvalue weighted by atomic mass is 10.0. The molecule has 23 heavy (non-hydrogen) atoms. The molecule has 0 aliphatic carbocycles. The van der Waals surface area contributed by atoms with Crippen molar-refractivity contribution in [2.24, 2.45) is 0 Å². The van der Waals surface area contributed by atoms with Gasteiger partial charge in [-0.2, -0.15) is 0 Å². The molecular formula is C20H39O3. The van der Waals surface area contributed by atoms with E-state index in [2.05, 4.69) is 0 Å². The van der Waals surface area contributed by atoms with Gasteiger partial charge in [0.1, 0.15) is 0 Å². The molecule has 0 amide bonds. The van der Waals surface area contributed by atoms with Crippen molar-refractivity contribution in [3.05, 3.63) is 0 Å². The van der Waals surface area contributed by atoms with Gasteiger partial charge in [0.15, 0.2) is 0 Å². The summed E-state index contributed by atoms with van der Waals surface area (Å²) in [6, 6.07) is 0. The molecule has 1 radical (unpaired) electrons. The van der Waals surface area contributed by atoms with Crippen molar-refractivity contribution in [1.82, 2.24) is 0 Å². The third kappa shape index (κ3) is 21.4. The standard InChI is InChI=1S/C20H39O3/c21-19-17-15-13-11-9-7-5-3-1-2-4-6-8-10-12-14-16-18-20(22)23/h1-19H2,(H,22,23).